The molecule has 5 heteroatoms. The number of carbonyl (C=O) groups is 2. The van der Waals surface area contributed by atoms with Crippen LogP contribution < -0.4 is 5.32 Å². The topological polar surface area (TPSA) is 49.4 Å². The van der Waals surface area contributed by atoms with Gasteiger partial charge in [0.15, 0.2) is 0 Å². The predicted molar refractivity (Wildman–Crippen MR) is 84.8 cm³/mol. The van der Waals surface area contributed by atoms with Gasteiger partial charge in [-0.3, -0.25) is 9.59 Å². The van der Waals surface area contributed by atoms with E-state index in [-0.39, 0.29) is 29.8 Å². The van der Waals surface area contributed by atoms with E-state index in [0.717, 1.165) is 12.8 Å². The van der Waals surface area contributed by atoms with E-state index in [1.54, 1.807) is 4.90 Å². The van der Waals surface area contributed by atoms with Crippen molar-refractivity contribution in [2.24, 2.45) is 5.41 Å². The average molecular weight is 300 g/mol. The second-order valence-electron chi connectivity index (χ2n) is 6.53. The van der Waals surface area contributed by atoms with Crippen LogP contribution in [0.5, 0.6) is 0 Å². The zero-order valence-corrected chi connectivity index (χ0v) is 14.0. The van der Waals surface area contributed by atoms with Crippen molar-refractivity contribution >= 4 is 23.6 Å². The van der Waals surface area contributed by atoms with Gasteiger partial charge in [-0.25, -0.2) is 0 Å². The lowest BCUT2D eigenvalue weighted by Gasteiger charge is -2.38. The summed E-state index contributed by atoms with van der Waals surface area (Å²) in [6, 6.07) is -0.389. The van der Waals surface area contributed by atoms with Crippen LogP contribution in [0.25, 0.3) is 0 Å². The zero-order valence-electron chi connectivity index (χ0n) is 13.2. The van der Waals surface area contributed by atoms with Crippen molar-refractivity contribution in [3.05, 3.63) is 0 Å². The van der Waals surface area contributed by atoms with E-state index in [4.69, 9.17) is 0 Å². The molecule has 116 valence electrons. The SMILES string of the molecule is CSCCCCCCN1CC(=O)NC(C(C)(C)C)C1=O. The molecule has 0 saturated carbocycles. The number of nitrogens with one attached hydrogen (secondary N) is 1. The minimum atomic E-state index is -0.389. The molecule has 1 heterocycles. The zero-order chi connectivity index (χ0) is 15.2. The molecule has 1 aliphatic rings. The molecule has 1 atom stereocenters. The molecular formula is C15H28N2O2S. The van der Waals surface area contributed by atoms with E-state index in [1.807, 2.05) is 32.5 Å². The molecule has 20 heavy (non-hydrogen) atoms. The maximum atomic E-state index is 12.4. The van der Waals surface area contributed by atoms with E-state index in [0.29, 0.717) is 6.54 Å². The Labute approximate surface area is 127 Å². The Hall–Kier alpha value is -0.710. The summed E-state index contributed by atoms with van der Waals surface area (Å²) < 4.78 is 0. The standard InChI is InChI=1S/C15H28N2O2S/c1-15(2,3)13-14(19)17(11-12(18)16-13)9-7-5-6-8-10-20-4/h13H,5-11H2,1-4H3,(H,16,18). The molecular weight excluding hydrogens is 272 g/mol. The van der Waals surface area contributed by atoms with Crippen molar-refractivity contribution in [3.63, 3.8) is 0 Å². The van der Waals surface area contributed by atoms with E-state index in [9.17, 15) is 9.59 Å². The summed E-state index contributed by atoms with van der Waals surface area (Å²) in [6.45, 7) is 6.89. The molecule has 0 radical (unpaired) electrons. The van der Waals surface area contributed by atoms with Gasteiger partial charge in [0.25, 0.3) is 0 Å². The number of piperazine rings is 1. The molecule has 1 unspecified atom stereocenters. The van der Waals surface area contributed by atoms with Gasteiger partial charge in [-0.05, 0) is 30.3 Å². The van der Waals surface area contributed by atoms with E-state index >= 15 is 0 Å². The van der Waals surface area contributed by atoms with Crippen molar-refractivity contribution in [2.75, 3.05) is 25.1 Å². The van der Waals surface area contributed by atoms with E-state index in [1.165, 1.54) is 18.6 Å². The normalized spacial score (nSPS) is 20.2. The van der Waals surface area contributed by atoms with Crippen LogP contribution in [0.2, 0.25) is 0 Å². The van der Waals surface area contributed by atoms with Crippen molar-refractivity contribution < 1.29 is 9.59 Å². The molecule has 0 aromatic heterocycles. The van der Waals surface area contributed by atoms with Crippen LogP contribution in [0.4, 0.5) is 0 Å². The highest BCUT2D eigenvalue weighted by atomic mass is 32.2. The van der Waals surface area contributed by atoms with Crippen molar-refractivity contribution in [1.82, 2.24) is 10.2 Å². The smallest absolute Gasteiger partial charge is 0.246 e. The van der Waals surface area contributed by atoms with Gasteiger partial charge in [-0.2, -0.15) is 11.8 Å². The number of thioether (sulfide) groups is 1. The van der Waals surface area contributed by atoms with Gasteiger partial charge < -0.3 is 10.2 Å². The third-order valence-corrected chi connectivity index (χ3v) is 4.29. The van der Waals surface area contributed by atoms with Crippen LogP contribution in [0.15, 0.2) is 0 Å². The third kappa shape index (κ3) is 5.35. The van der Waals surface area contributed by atoms with Crippen LogP contribution in [0, 0.1) is 5.41 Å². The van der Waals surface area contributed by atoms with Gasteiger partial charge in [0.2, 0.25) is 11.8 Å². The fourth-order valence-electron chi connectivity index (χ4n) is 2.38. The summed E-state index contributed by atoms with van der Waals surface area (Å²) in [5, 5.41) is 2.82. The van der Waals surface area contributed by atoms with Gasteiger partial charge in [-0.15, -0.1) is 0 Å². The maximum Gasteiger partial charge on any atom is 0.246 e. The Morgan fingerprint density at radius 1 is 1.20 bits per heavy atom. The van der Waals surface area contributed by atoms with Crippen LogP contribution in [0.1, 0.15) is 46.5 Å². The number of amides is 2. The van der Waals surface area contributed by atoms with Crippen LogP contribution in [-0.2, 0) is 9.59 Å². The second kappa shape index (κ2) is 7.91. The lowest BCUT2D eigenvalue weighted by Crippen LogP contribution is -2.62. The highest BCUT2D eigenvalue weighted by Gasteiger charge is 2.39. The Balaban J connectivity index is 2.40. The second-order valence-corrected chi connectivity index (χ2v) is 7.52. The third-order valence-electron chi connectivity index (χ3n) is 3.59. The quantitative estimate of drug-likeness (QED) is 0.734. The number of hydrogen-bond donors (Lipinski definition) is 1. The summed E-state index contributed by atoms with van der Waals surface area (Å²) in [7, 11) is 0. The van der Waals surface area contributed by atoms with Crippen molar-refractivity contribution in [2.45, 2.75) is 52.5 Å². The lowest BCUT2D eigenvalue weighted by molar-refractivity contribution is -0.147. The summed E-state index contributed by atoms with van der Waals surface area (Å²) in [6.07, 6.45) is 6.69. The molecule has 0 aromatic carbocycles. The fourth-order valence-corrected chi connectivity index (χ4v) is 2.87. The Bertz CT molecular complexity index is 339. The Kier molecular flexibility index (Phi) is 6.86. The molecule has 1 N–H and O–H groups in total. The number of unbranched alkanes of at least 4 members (excludes halogenated alkanes) is 3. The van der Waals surface area contributed by atoms with Crippen LogP contribution in [-0.4, -0.2) is 47.9 Å². The van der Waals surface area contributed by atoms with Gasteiger partial charge in [0.1, 0.15) is 6.04 Å². The first-order valence-corrected chi connectivity index (χ1v) is 8.82. The number of carbonyl (C=O) groups excluding carboxylic acids is 2. The molecule has 2 amide bonds. The molecule has 1 rings (SSSR count). The molecule has 0 aliphatic carbocycles. The number of nitrogens with zero attached hydrogens (tertiary/aromatic N) is 1. The van der Waals surface area contributed by atoms with Crippen molar-refractivity contribution in [1.29, 1.82) is 0 Å². The highest BCUT2D eigenvalue weighted by molar-refractivity contribution is 7.98. The molecule has 0 spiro atoms. The van der Waals surface area contributed by atoms with Gasteiger partial charge in [0.05, 0.1) is 6.54 Å². The Morgan fingerprint density at radius 2 is 1.85 bits per heavy atom. The van der Waals surface area contributed by atoms with Crippen LogP contribution >= 0.6 is 11.8 Å². The largest absolute Gasteiger partial charge is 0.342 e. The number of hydrogen-bond acceptors (Lipinski definition) is 3. The molecule has 1 aliphatic heterocycles. The summed E-state index contributed by atoms with van der Waals surface area (Å²) in [5.74, 6) is 1.24. The monoisotopic (exact) mass is 300 g/mol. The lowest BCUT2D eigenvalue weighted by atomic mass is 9.84. The molecule has 0 bridgehead atoms. The summed E-state index contributed by atoms with van der Waals surface area (Å²) in [5.41, 5.74) is -0.232. The first-order chi connectivity index (χ1) is 9.36. The van der Waals surface area contributed by atoms with Crippen LogP contribution in [0.3, 0.4) is 0 Å². The fraction of sp³-hybridized carbons (Fsp3) is 0.867. The van der Waals surface area contributed by atoms with Gasteiger partial charge in [-0.1, -0.05) is 33.6 Å². The summed E-state index contributed by atoms with van der Waals surface area (Å²) >= 11 is 1.87. The first-order valence-electron chi connectivity index (χ1n) is 7.43. The van der Waals surface area contributed by atoms with E-state index in [2.05, 4.69) is 11.6 Å². The average Bonchev–Trinajstić information content (AvgIpc) is 2.35. The van der Waals surface area contributed by atoms with Crippen molar-refractivity contribution in [3.8, 4) is 0 Å². The van der Waals surface area contributed by atoms with E-state index < -0.39 is 0 Å². The summed E-state index contributed by atoms with van der Waals surface area (Å²) in [4.78, 5) is 25.9. The first kappa shape index (κ1) is 17.3. The predicted octanol–water partition coefficient (Wildman–Crippen LogP) is 2.28. The van der Waals surface area contributed by atoms with Gasteiger partial charge in [0, 0.05) is 6.54 Å². The minimum Gasteiger partial charge on any atom is -0.342 e. The van der Waals surface area contributed by atoms with Gasteiger partial charge >= 0.3 is 0 Å². The molecule has 4 nitrogen and oxygen atoms in total. The Morgan fingerprint density at radius 3 is 2.45 bits per heavy atom. The number of rotatable bonds is 7. The minimum absolute atomic E-state index is 0.0353. The highest BCUT2D eigenvalue weighted by Crippen LogP contribution is 2.23. The molecule has 1 fully saturated rings. The molecule has 1 saturated heterocycles. The maximum absolute atomic E-state index is 12.4. The molecule has 0 aromatic rings.